The van der Waals surface area contributed by atoms with Crippen molar-refractivity contribution in [3.63, 3.8) is 0 Å². The summed E-state index contributed by atoms with van der Waals surface area (Å²) in [6, 6.07) is 3.38. The highest BCUT2D eigenvalue weighted by molar-refractivity contribution is 9.10. The number of benzene rings is 1. The maximum absolute atomic E-state index is 13.1. The van der Waals surface area contributed by atoms with Gasteiger partial charge in [0, 0.05) is 7.05 Å². The number of rotatable bonds is 4. The van der Waals surface area contributed by atoms with E-state index in [0.29, 0.717) is 12.0 Å². The Bertz CT molecular complexity index is 439. The zero-order valence-corrected chi connectivity index (χ0v) is 12.2. The number of halogens is 3. The number of amides is 1. The molecule has 0 saturated carbocycles. The first-order valence-electron chi connectivity index (χ1n) is 5.74. The van der Waals surface area contributed by atoms with E-state index in [4.69, 9.17) is 0 Å². The van der Waals surface area contributed by atoms with E-state index in [-0.39, 0.29) is 16.8 Å². The Morgan fingerprint density at radius 3 is 2.50 bits per heavy atom. The van der Waals surface area contributed by atoms with Gasteiger partial charge in [0.15, 0.2) is 11.6 Å². The second-order valence-electron chi connectivity index (χ2n) is 4.17. The van der Waals surface area contributed by atoms with Crippen LogP contribution < -0.4 is 0 Å². The van der Waals surface area contributed by atoms with Crippen LogP contribution in [0.25, 0.3) is 0 Å². The molecular weight excluding hydrogens is 304 g/mol. The van der Waals surface area contributed by atoms with Crippen molar-refractivity contribution in [2.45, 2.75) is 31.1 Å². The highest BCUT2D eigenvalue weighted by Gasteiger charge is 2.23. The van der Waals surface area contributed by atoms with Gasteiger partial charge in [0.25, 0.3) is 0 Å². The number of alkyl halides is 1. The summed E-state index contributed by atoms with van der Waals surface area (Å²) in [4.78, 5) is 13.2. The van der Waals surface area contributed by atoms with Gasteiger partial charge in [0.2, 0.25) is 5.91 Å². The largest absolute Gasteiger partial charge is 0.338 e. The molecular formula is C13H16BrF2NO. The molecule has 0 aliphatic rings. The van der Waals surface area contributed by atoms with E-state index in [1.54, 1.807) is 14.0 Å². The summed E-state index contributed by atoms with van der Waals surface area (Å²) >= 11 is 3.28. The van der Waals surface area contributed by atoms with E-state index in [9.17, 15) is 13.6 Å². The van der Waals surface area contributed by atoms with Crippen LogP contribution >= 0.6 is 15.9 Å². The molecule has 0 bridgehead atoms. The molecule has 0 N–H and O–H groups in total. The van der Waals surface area contributed by atoms with Gasteiger partial charge in [-0.05, 0) is 31.0 Å². The molecule has 18 heavy (non-hydrogen) atoms. The molecule has 2 unspecified atom stereocenters. The Kier molecular flexibility index (Phi) is 5.26. The number of carbonyl (C=O) groups is 1. The fourth-order valence-electron chi connectivity index (χ4n) is 1.58. The summed E-state index contributed by atoms with van der Waals surface area (Å²) in [6.07, 6.45) is 0.674. The first-order valence-corrected chi connectivity index (χ1v) is 6.65. The van der Waals surface area contributed by atoms with E-state index in [0.717, 1.165) is 12.1 Å². The Balaban J connectivity index is 2.89. The number of hydrogen-bond donors (Lipinski definition) is 0. The number of nitrogens with zero attached hydrogens (tertiary/aromatic N) is 1. The van der Waals surface area contributed by atoms with Crippen molar-refractivity contribution in [1.82, 2.24) is 4.90 Å². The Hall–Kier alpha value is -0.970. The average molecular weight is 320 g/mol. The molecule has 0 radical (unpaired) electrons. The lowest BCUT2D eigenvalue weighted by atomic mass is 10.1. The van der Waals surface area contributed by atoms with Crippen LogP contribution in [0.1, 0.15) is 31.9 Å². The Labute approximate surface area is 114 Å². The van der Waals surface area contributed by atoms with Crippen molar-refractivity contribution in [1.29, 1.82) is 0 Å². The molecule has 0 heterocycles. The van der Waals surface area contributed by atoms with Gasteiger partial charge in [-0.3, -0.25) is 4.79 Å². The molecule has 2 nitrogen and oxygen atoms in total. The lowest BCUT2D eigenvalue weighted by Gasteiger charge is -2.27. The van der Waals surface area contributed by atoms with Crippen molar-refractivity contribution < 1.29 is 13.6 Å². The number of carbonyl (C=O) groups excluding carboxylic acids is 1. The minimum Gasteiger partial charge on any atom is -0.338 e. The third kappa shape index (κ3) is 3.28. The molecule has 2 atom stereocenters. The zero-order chi connectivity index (χ0) is 13.9. The van der Waals surface area contributed by atoms with Gasteiger partial charge >= 0.3 is 0 Å². The molecule has 1 amide bonds. The summed E-state index contributed by atoms with van der Waals surface area (Å²) < 4.78 is 26.0. The van der Waals surface area contributed by atoms with Gasteiger partial charge in [-0.2, -0.15) is 0 Å². The summed E-state index contributed by atoms with van der Waals surface area (Å²) in [5, 5.41) is 0. The Morgan fingerprint density at radius 2 is 2.00 bits per heavy atom. The quantitative estimate of drug-likeness (QED) is 0.776. The molecule has 1 aromatic rings. The third-order valence-electron chi connectivity index (χ3n) is 2.98. The van der Waals surface area contributed by atoms with Gasteiger partial charge in [-0.1, -0.05) is 28.9 Å². The van der Waals surface area contributed by atoms with Crippen molar-refractivity contribution in [3.05, 3.63) is 35.4 Å². The van der Waals surface area contributed by atoms with Crippen LogP contribution in [0.4, 0.5) is 8.78 Å². The number of hydrogen-bond acceptors (Lipinski definition) is 1. The summed E-state index contributed by atoms with van der Waals surface area (Å²) in [5.74, 6) is -1.85. The van der Waals surface area contributed by atoms with E-state index in [1.165, 1.54) is 11.0 Å². The molecule has 0 spiro atoms. The van der Waals surface area contributed by atoms with Crippen LogP contribution in [0.15, 0.2) is 18.2 Å². The minimum atomic E-state index is -0.897. The third-order valence-corrected chi connectivity index (χ3v) is 4.02. The van der Waals surface area contributed by atoms with Crippen LogP contribution in [-0.2, 0) is 4.79 Å². The first kappa shape index (κ1) is 15.1. The molecule has 5 heteroatoms. The van der Waals surface area contributed by atoms with Crippen LogP contribution in [0.3, 0.4) is 0 Å². The van der Waals surface area contributed by atoms with E-state index in [1.807, 2.05) is 6.92 Å². The van der Waals surface area contributed by atoms with E-state index in [2.05, 4.69) is 15.9 Å². The highest BCUT2D eigenvalue weighted by Crippen LogP contribution is 2.23. The fraction of sp³-hybridized carbons (Fsp3) is 0.462. The van der Waals surface area contributed by atoms with Crippen LogP contribution in [-0.4, -0.2) is 22.7 Å². The van der Waals surface area contributed by atoms with E-state index >= 15 is 0 Å². The van der Waals surface area contributed by atoms with Crippen LogP contribution in [0.5, 0.6) is 0 Å². The molecule has 1 rings (SSSR count). The standard InChI is InChI=1S/C13H16BrF2NO/c1-4-10(14)13(18)17(3)8(2)9-5-6-11(15)12(16)7-9/h5-8,10H,4H2,1-3H3. The van der Waals surface area contributed by atoms with Crippen molar-refractivity contribution >= 4 is 21.8 Å². The van der Waals surface area contributed by atoms with Gasteiger partial charge in [-0.15, -0.1) is 0 Å². The minimum absolute atomic E-state index is 0.0743. The second-order valence-corrected chi connectivity index (χ2v) is 5.28. The first-order chi connectivity index (χ1) is 8.38. The fourth-order valence-corrected chi connectivity index (χ4v) is 1.91. The topological polar surface area (TPSA) is 20.3 Å². The Morgan fingerprint density at radius 1 is 1.39 bits per heavy atom. The highest BCUT2D eigenvalue weighted by atomic mass is 79.9. The predicted molar refractivity (Wildman–Crippen MR) is 70.5 cm³/mol. The molecule has 1 aromatic carbocycles. The lowest BCUT2D eigenvalue weighted by Crippen LogP contribution is -2.35. The second kappa shape index (κ2) is 6.27. The maximum Gasteiger partial charge on any atom is 0.236 e. The normalized spacial score (nSPS) is 14.1. The molecule has 0 fully saturated rings. The van der Waals surface area contributed by atoms with Crippen molar-refractivity contribution in [2.24, 2.45) is 0 Å². The maximum atomic E-state index is 13.1. The molecule has 0 aliphatic carbocycles. The molecule has 0 saturated heterocycles. The van der Waals surface area contributed by atoms with Gasteiger partial charge in [0.1, 0.15) is 0 Å². The molecule has 100 valence electrons. The zero-order valence-electron chi connectivity index (χ0n) is 10.6. The van der Waals surface area contributed by atoms with Crippen molar-refractivity contribution in [3.8, 4) is 0 Å². The van der Waals surface area contributed by atoms with Crippen molar-refractivity contribution in [2.75, 3.05) is 7.05 Å². The van der Waals surface area contributed by atoms with E-state index < -0.39 is 11.6 Å². The molecule has 0 aromatic heterocycles. The summed E-state index contributed by atoms with van der Waals surface area (Å²) in [5.41, 5.74) is 0.570. The van der Waals surface area contributed by atoms with Gasteiger partial charge in [-0.25, -0.2) is 8.78 Å². The monoisotopic (exact) mass is 319 g/mol. The van der Waals surface area contributed by atoms with Gasteiger partial charge in [0.05, 0.1) is 10.9 Å². The summed E-state index contributed by atoms with van der Waals surface area (Å²) in [6.45, 7) is 3.67. The van der Waals surface area contributed by atoms with Crippen LogP contribution in [0, 0.1) is 11.6 Å². The lowest BCUT2D eigenvalue weighted by molar-refractivity contribution is -0.131. The average Bonchev–Trinajstić information content (AvgIpc) is 2.38. The van der Waals surface area contributed by atoms with Crippen LogP contribution in [0.2, 0.25) is 0 Å². The summed E-state index contributed by atoms with van der Waals surface area (Å²) in [7, 11) is 1.65. The smallest absolute Gasteiger partial charge is 0.236 e. The molecule has 0 aliphatic heterocycles. The SMILES string of the molecule is CCC(Br)C(=O)N(C)C(C)c1ccc(F)c(F)c1. The predicted octanol–water partition coefficient (Wildman–Crippen LogP) is 3.66. The van der Waals surface area contributed by atoms with Gasteiger partial charge < -0.3 is 4.90 Å².